The second-order valence-electron chi connectivity index (χ2n) is 11.1. The molecule has 2 aromatic rings. The number of benzene rings is 1. The molecule has 6 nitrogen and oxygen atoms in total. The minimum absolute atomic E-state index is 0.0898. The molecule has 1 aliphatic carbocycles. The van der Waals surface area contributed by atoms with Crippen molar-refractivity contribution in [1.29, 1.82) is 0 Å². The van der Waals surface area contributed by atoms with E-state index in [1.54, 1.807) is 0 Å². The first-order valence-electron chi connectivity index (χ1n) is 12.8. The van der Waals surface area contributed by atoms with Crippen LogP contribution >= 0.6 is 11.6 Å². The summed E-state index contributed by atoms with van der Waals surface area (Å²) in [6, 6.07) is 6.24. The summed E-state index contributed by atoms with van der Waals surface area (Å²) >= 11 is 6.74. The number of hydrogen-bond donors (Lipinski definition) is 1. The summed E-state index contributed by atoms with van der Waals surface area (Å²) in [6.45, 7) is 7.73. The molecule has 1 N–H and O–H groups in total. The van der Waals surface area contributed by atoms with Crippen molar-refractivity contribution in [2.45, 2.75) is 56.9 Å². The summed E-state index contributed by atoms with van der Waals surface area (Å²) in [6.07, 6.45) is 8.09. The van der Waals surface area contributed by atoms with Gasteiger partial charge in [-0.15, -0.1) is 0 Å². The molecule has 6 rings (SSSR count). The monoisotopic (exact) mass is 483 g/mol. The van der Waals surface area contributed by atoms with E-state index in [-0.39, 0.29) is 22.8 Å². The molecule has 3 aliphatic heterocycles. The van der Waals surface area contributed by atoms with Gasteiger partial charge in [0.2, 0.25) is 5.91 Å². The van der Waals surface area contributed by atoms with Crippen molar-refractivity contribution in [3.05, 3.63) is 35.0 Å². The highest BCUT2D eigenvalue weighted by Crippen LogP contribution is 2.59. The number of amides is 1. The van der Waals surface area contributed by atoms with Gasteiger partial charge in [-0.1, -0.05) is 11.6 Å². The van der Waals surface area contributed by atoms with Crippen LogP contribution in [0.5, 0.6) is 0 Å². The molecule has 0 bridgehead atoms. The van der Waals surface area contributed by atoms with Crippen LogP contribution in [-0.4, -0.2) is 60.8 Å². The molecular weight excluding hydrogens is 450 g/mol. The molecule has 1 aromatic carbocycles. The summed E-state index contributed by atoms with van der Waals surface area (Å²) in [4.78, 5) is 20.0. The minimum Gasteiger partial charge on any atom is -0.381 e. The normalized spacial score (nSPS) is 29.5. The largest absolute Gasteiger partial charge is 0.381 e. The number of piperidine rings is 1. The SMILES string of the molecule is C[C@@]1(N2CCC(c3cc4cc(NC(=O)[C@H]5CC56CCOCC6)ncc4cc3Cl)CC2)CCOC1. The second-order valence-corrected chi connectivity index (χ2v) is 11.5. The van der Waals surface area contributed by atoms with Crippen molar-refractivity contribution in [2.75, 3.05) is 44.8 Å². The Labute approximate surface area is 206 Å². The zero-order valence-corrected chi connectivity index (χ0v) is 20.7. The molecule has 0 unspecified atom stereocenters. The second kappa shape index (κ2) is 8.74. The first-order chi connectivity index (χ1) is 16.5. The van der Waals surface area contributed by atoms with Crippen molar-refractivity contribution in [3.8, 4) is 0 Å². The van der Waals surface area contributed by atoms with E-state index in [1.165, 1.54) is 5.56 Å². The highest BCUT2D eigenvalue weighted by Gasteiger charge is 2.58. The standard InChI is InChI=1S/C27H34ClN3O3/c1-26(4-9-34-17-26)31-7-2-18(3-8-31)21-12-19-14-24(29-16-20(19)13-23(21)28)30-25(32)22-15-27(22)5-10-33-11-6-27/h12-14,16,18,22H,2-11,15,17H2,1H3,(H,29,30,32)/t22-,26-/m1/s1. The van der Waals surface area contributed by atoms with E-state index in [0.717, 1.165) is 93.8 Å². The average Bonchev–Trinajstić information content (AvgIpc) is 3.34. The zero-order valence-electron chi connectivity index (χ0n) is 19.9. The van der Waals surface area contributed by atoms with Crippen molar-refractivity contribution in [1.82, 2.24) is 9.88 Å². The summed E-state index contributed by atoms with van der Waals surface area (Å²) in [5.74, 6) is 1.26. The summed E-state index contributed by atoms with van der Waals surface area (Å²) in [7, 11) is 0. The Hall–Kier alpha value is -1.73. The molecule has 182 valence electrons. The molecule has 1 aromatic heterocycles. The van der Waals surface area contributed by atoms with Crippen molar-refractivity contribution in [2.24, 2.45) is 11.3 Å². The maximum absolute atomic E-state index is 12.9. The molecule has 4 heterocycles. The molecule has 1 spiro atoms. The number of anilines is 1. The number of hydrogen-bond acceptors (Lipinski definition) is 5. The summed E-state index contributed by atoms with van der Waals surface area (Å²) in [5.41, 5.74) is 1.56. The number of carbonyl (C=O) groups excluding carboxylic acids is 1. The van der Waals surface area contributed by atoms with E-state index in [1.807, 2.05) is 18.3 Å². The number of carbonyl (C=O) groups is 1. The lowest BCUT2D eigenvalue weighted by molar-refractivity contribution is -0.118. The fraction of sp³-hybridized carbons (Fsp3) is 0.630. The Morgan fingerprint density at radius 2 is 1.85 bits per heavy atom. The molecule has 34 heavy (non-hydrogen) atoms. The van der Waals surface area contributed by atoms with Gasteiger partial charge in [0.25, 0.3) is 0 Å². The van der Waals surface area contributed by atoms with Crippen LogP contribution in [0.1, 0.15) is 56.9 Å². The zero-order chi connectivity index (χ0) is 23.3. The topological polar surface area (TPSA) is 63.7 Å². The molecular formula is C27H34ClN3O3. The van der Waals surface area contributed by atoms with Gasteiger partial charge in [-0.25, -0.2) is 4.98 Å². The highest BCUT2D eigenvalue weighted by molar-refractivity contribution is 6.32. The van der Waals surface area contributed by atoms with Gasteiger partial charge in [-0.05, 0) is 99.0 Å². The van der Waals surface area contributed by atoms with Crippen molar-refractivity contribution in [3.63, 3.8) is 0 Å². The van der Waals surface area contributed by atoms with Gasteiger partial charge in [0, 0.05) is 47.9 Å². The van der Waals surface area contributed by atoms with Gasteiger partial charge in [0.05, 0.1) is 6.61 Å². The quantitative estimate of drug-likeness (QED) is 0.662. The van der Waals surface area contributed by atoms with Crippen molar-refractivity contribution >= 4 is 34.1 Å². The minimum atomic E-state index is 0.0898. The highest BCUT2D eigenvalue weighted by atomic mass is 35.5. The predicted octanol–water partition coefficient (Wildman–Crippen LogP) is 5.00. The van der Waals surface area contributed by atoms with E-state index in [9.17, 15) is 4.79 Å². The molecule has 1 amide bonds. The smallest absolute Gasteiger partial charge is 0.229 e. The maximum Gasteiger partial charge on any atom is 0.229 e. The molecule has 2 atom stereocenters. The first kappa shape index (κ1) is 22.7. The van der Waals surface area contributed by atoms with Crippen LogP contribution in [0.2, 0.25) is 5.02 Å². The van der Waals surface area contributed by atoms with Crippen LogP contribution in [-0.2, 0) is 14.3 Å². The van der Waals surface area contributed by atoms with Gasteiger partial charge >= 0.3 is 0 Å². The van der Waals surface area contributed by atoms with Gasteiger partial charge in [-0.2, -0.15) is 0 Å². The summed E-state index contributed by atoms with van der Waals surface area (Å²) < 4.78 is 11.2. The molecule has 4 fully saturated rings. The first-order valence-corrected chi connectivity index (χ1v) is 13.1. The number of rotatable bonds is 4. The Morgan fingerprint density at radius 1 is 1.09 bits per heavy atom. The molecule has 3 saturated heterocycles. The summed E-state index contributed by atoms with van der Waals surface area (Å²) in [5, 5.41) is 5.99. The lowest BCUT2D eigenvalue weighted by atomic mass is 9.86. The third-order valence-corrected chi connectivity index (χ3v) is 9.31. The van der Waals surface area contributed by atoms with Gasteiger partial charge in [0.15, 0.2) is 0 Å². The van der Waals surface area contributed by atoms with Gasteiger partial charge < -0.3 is 14.8 Å². The van der Waals surface area contributed by atoms with Crippen LogP contribution in [0.3, 0.4) is 0 Å². The fourth-order valence-corrected chi connectivity index (χ4v) is 6.79. The van der Waals surface area contributed by atoms with E-state index >= 15 is 0 Å². The van der Waals surface area contributed by atoms with E-state index in [0.29, 0.717) is 11.7 Å². The molecule has 7 heteroatoms. The molecule has 1 saturated carbocycles. The molecule has 4 aliphatic rings. The van der Waals surface area contributed by atoms with Crippen LogP contribution in [0, 0.1) is 11.3 Å². The Kier molecular flexibility index (Phi) is 5.84. The number of likely N-dealkylation sites (tertiary alicyclic amines) is 1. The lowest BCUT2D eigenvalue weighted by Crippen LogP contribution is -2.50. The molecule has 0 radical (unpaired) electrons. The number of nitrogens with zero attached hydrogens (tertiary/aromatic N) is 2. The van der Waals surface area contributed by atoms with Crippen LogP contribution < -0.4 is 5.32 Å². The number of halogens is 1. The van der Waals surface area contributed by atoms with E-state index < -0.39 is 0 Å². The number of ether oxygens (including phenoxy) is 2. The number of nitrogens with one attached hydrogen (secondary N) is 1. The average molecular weight is 484 g/mol. The van der Waals surface area contributed by atoms with Crippen LogP contribution in [0.15, 0.2) is 24.4 Å². The maximum atomic E-state index is 12.9. The van der Waals surface area contributed by atoms with Crippen LogP contribution in [0.4, 0.5) is 5.82 Å². The number of fused-ring (bicyclic) bond motifs is 1. The Balaban J connectivity index is 1.16. The third-order valence-electron chi connectivity index (χ3n) is 8.98. The Morgan fingerprint density at radius 3 is 2.59 bits per heavy atom. The van der Waals surface area contributed by atoms with Crippen LogP contribution in [0.25, 0.3) is 10.8 Å². The van der Waals surface area contributed by atoms with Gasteiger partial charge in [0.1, 0.15) is 5.82 Å². The van der Waals surface area contributed by atoms with E-state index in [4.69, 9.17) is 21.1 Å². The fourth-order valence-electron chi connectivity index (χ4n) is 6.46. The number of aromatic nitrogens is 1. The van der Waals surface area contributed by atoms with Gasteiger partial charge in [-0.3, -0.25) is 9.69 Å². The number of pyridine rings is 1. The van der Waals surface area contributed by atoms with E-state index in [2.05, 4.69) is 28.2 Å². The van der Waals surface area contributed by atoms with Crippen molar-refractivity contribution < 1.29 is 14.3 Å². The Bertz CT molecular complexity index is 1090. The predicted molar refractivity (Wildman–Crippen MR) is 133 cm³/mol. The lowest BCUT2D eigenvalue weighted by Gasteiger charge is -2.42. The third kappa shape index (κ3) is 4.13.